The smallest absolute Gasteiger partial charge is 0.116 e. The molecule has 0 spiro atoms. The Labute approximate surface area is 85.7 Å². The van der Waals surface area contributed by atoms with Gasteiger partial charge in [0, 0.05) is 31.7 Å². The van der Waals surface area contributed by atoms with Crippen LogP contribution in [0.4, 0.5) is 0 Å². The predicted molar refractivity (Wildman–Crippen MR) is 57.2 cm³/mol. The van der Waals surface area contributed by atoms with Crippen LogP contribution in [0.15, 0.2) is 11.9 Å². The van der Waals surface area contributed by atoms with E-state index in [-0.39, 0.29) is 6.04 Å². The number of hydrogen-bond acceptors (Lipinski definition) is 4. The molecular formula is C10H20N4. The van der Waals surface area contributed by atoms with Crippen LogP contribution in [0, 0.1) is 0 Å². The van der Waals surface area contributed by atoms with Crippen LogP contribution in [0.2, 0.25) is 0 Å². The predicted octanol–water partition coefficient (Wildman–Crippen LogP) is 0.0878. The highest BCUT2D eigenvalue weighted by Crippen LogP contribution is 2.23. The molecule has 2 aliphatic heterocycles. The maximum Gasteiger partial charge on any atom is 0.116 e. The third-order valence-corrected chi connectivity index (χ3v) is 3.31. The summed E-state index contributed by atoms with van der Waals surface area (Å²) >= 11 is 0. The minimum Gasteiger partial charge on any atom is -0.356 e. The second kappa shape index (κ2) is 3.44. The van der Waals surface area contributed by atoms with Crippen molar-refractivity contribution in [3.63, 3.8) is 0 Å². The Balaban J connectivity index is 2.22. The molecule has 1 fully saturated rings. The lowest BCUT2D eigenvalue weighted by Crippen LogP contribution is -2.42. The minimum absolute atomic E-state index is 0.267. The fourth-order valence-electron chi connectivity index (χ4n) is 2.17. The van der Waals surface area contributed by atoms with Crippen molar-refractivity contribution in [2.75, 3.05) is 13.6 Å². The number of nitrogens with one attached hydrogen (secondary N) is 1. The molecule has 4 heteroatoms. The maximum absolute atomic E-state index is 6.08. The molecule has 0 saturated carbocycles. The van der Waals surface area contributed by atoms with E-state index in [4.69, 9.17) is 5.73 Å². The first kappa shape index (κ1) is 9.80. The molecule has 80 valence electrons. The molecule has 0 aromatic heterocycles. The van der Waals surface area contributed by atoms with Crippen molar-refractivity contribution in [1.82, 2.24) is 15.3 Å². The molecule has 0 aromatic rings. The van der Waals surface area contributed by atoms with E-state index in [0.717, 1.165) is 13.0 Å². The second-order valence-corrected chi connectivity index (χ2v) is 4.40. The van der Waals surface area contributed by atoms with Crippen LogP contribution in [-0.2, 0) is 0 Å². The van der Waals surface area contributed by atoms with Crippen molar-refractivity contribution in [3.05, 3.63) is 11.9 Å². The van der Waals surface area contributed by atoms with Gasteiger partial charge in [-0.05, 0) is 26.3 Å². The number of nitrogens with zero attached hydrogens (tertiary/aromatic N) is 2. The fourth-order valence-corrected chi connectivity index (χ4v) is 2.17. The summed E-state index contributed by atoms with van der Waals surface area (Å²) in [6, 6.07) is 1.12. The van der Waals surface area contributed by atoms with Crippen LogP contribution in [0.1, 0.15) is 20.3 Å². The van der Waals surface area contributed by atoms with Crippen LogP contribution in [0.3, 0.4) is 0 Å². The van der Waals surface area contributed by atoms with E-state index in [0.29, 0.717) is 12.1 Å². The number of likely N-dealkylation sites (N-methyl/N-ethyl adjacent to an activating group) is 1. The SMILES string of the molecule is CC1C=C2N(CCC(N)C(C)N2C)N1. The molecule has 2 heterocycles. The molecule has 2 aliphatic rings. The van der Waals surface area contributed by atoms with Gasteiger partial charge in [0.05, 0.1) is 0 Å². The molecule has 0 aliphatic carbocycles. The molecule has 0 aromatic carbocycles. The van der Waals surface area contributed by atoms with Gasteiger partial charge < -0.3 is 10.6 Å². The number of hydrogen-bond donors (Lipinski definition) is 2. The first-order chi connectivity index (χ1) is 6.59. The molecule has 0 bridgehead atoms. The van der Waals surface area contributed by atoms with Gasteiger partial charge in [-0.1, -0.05) is 0 Å². The van der Waals surface area contributed by atoms with Gasteiger partial charge in [-0.25, -0.2) is 5.43 Å². The van der Waals surface area contributed by atoms with Gasteiger partial charge in [-0.2, -0.15) is 0 Å². The Morgan fingerprint density at radius 1 is 1.50 bits per heavy atom. The van der Waals surface area contributed by atoms with Crippen molar-refractivity contribution >= 4 is 0 Å². The average molecular weight is 196 g/mol. The van der Waals surface area contributed by atoms with E-state index >= 15 is 0 Å². The quantitative estimate of drug-likeness (QED) is 0.576. The number of fused-ring (bicyclic) bond motifs is 1. The van der Waals surface area contributed by atoms with Gasteiger partial charge in [-0.15, -0.1) is 0 Å². The molecule has 3 unspecified atom stereocenters. The first-order valence-corrected chi connectivity index (χ1v) is 5.33. The third kappa shape index (κ3) is 1.48. The summed E-state index contributed by atoms with van der Waals surface area (Å²) in [5.41, 5.74) is 9.49. The third-order valence-electron chi connectivity index (χ3n) is 3.31. The number of nitrogens with two attached hydrogens (primary N) is 1. The zero-order valence-corrected chi connectivity index (χ0v) is 9.20. The lowest BCUT2D eigenvalue weighted by atomic mass is 10.1. The lowest BCUT2D eigenvalue weighted by Gasteiger charge is -2.31. The van der Waals surface area contributed by atoms with Gasteiger partial charge in [0.2, 0.25) is 0 Å². The van der Waals surface area contributed by atoms with Gasteiger partial charge in [0.15, 0.2) is 0 Å². The summed E-state index contributed by atoms with van der Waals surface area (Å²) < 4.78 is 0. The van der Waals surface area contributed by atoms with E-state index in [1.165, 1.54) is 5.82 Å². The Morgan fingerprint density at radius 2 is 2.21 bits per heavy atom. The maximum atomic E-state index is 6.08. The Kier molecular flexibility index (Phi) is 2.41. The van der Waals surface area contributed by atoms with Crippen LogP contribution in [0.25, 0.3) is 0 Å². The van der Waals surface area contributed by atoms with Crippen molar-refractivity contribution in [2.24, 2.45) is 5.73 Å². The van der Waals surface area contributed by atoms with E-state index < -0.39 is 0 Å². The van der Waals surface area contributed by atoms with Gasteiger partial charge in [-0.3, -0.25) is 5.01 Å². The van der Waals surface area contributed by atoms with Crippen LogP contribution < -0.4 is 11.2 Å². The molecule has 4 nitrogen and oxygen atoms in total. The summed E-state index contributed by atoms with van der Waals surface area (Å²) in [6.45, 7) is 5.37. The molecule has 0 amide bonds. The fraction of sp³-hybridized carbons (Fsp3) is 0.800. The zero-order valence-electron chi connectivity index (χ0n) is 9.20. The molecule has 0 radical (unpaired) electrons. The van der Waals surface area contributed by atoms with Crippen molar-refractivity contribution < 1.29 is 0 Å². The topological polar surface area (TPSA) is 44.5 Å². The van der Waals surface area contributed by atoms with E-state index in [9.17, 15) is 0 Å². The standard InChI is InChI=1S/C10H20N4/c1-7-6-10-13(3)8(2)9(11)4-5-14(10)12-7/h6-9,12H,4-5,11H2,1-3H3. The normalized spacial score (nSPS) is 38.0. The van der Waals surface area contributed by atoms with E-state index in [2.05, 4.69) is 42.3 Å². The molecule has 2 rings (SSSR count). The summed E-state index contributed by atoms with van der Waals surface area (Å²) in [4.78, 5) is 2.27. The number of rotatable bonds is 0. The molecule has 14 heavy (non-hydrogen) atoms. The largest absolute Gasteiger partial charge is 0.356 e. The van der Waals surface area contributed by atoms with Crippen molar-refractivity contribution in [2.45, 2.75) is 38.4 Å². The van der Waals surface area contributed by atoms with E-state index in [1.807, 2.05) is 0 Å². The highest BCUT2D eigenvalue weighted by atomic mass is 15.6. The molecule has 3 N–H and O–H groups in total. The highest BCUT2D eigenvalue weighted by Gasteiger charge is 2.31. The Morgan fingerprint density at radius 3 is 2.93 bits per heavy atom. The summed E-state index contributed by atoms with van der Waals surface area (Å²) in [5, 5.41) is 2.22. The molecular weight excluding hydrogens is 176 g/mol. The highest BCUT2D eigenvalue weighted by molar-refractivity contribution is 5.12. The second-order valence-electron chi connectivity index (χ2n) is 4.40. The Bertz CT molecular complexity index is 251. The first-order valence-electron chi connectivity index (χ1n) is 5.33. The van der Waals surface area contributed by atoms with Gasteiger partial charge >= 0.3 is 0 Å². The monoisotopic (exact) mass is 196 g/mol. The van der Waals surface area contributed by atoms with Crippen molar-refractivity contribution in [3.8, 4) is 0 Å². The zero-order chi connectivity index (χ0) is 10.3. The number of hydrazine groups is 1. The van der Waals surface area contributed by atoms with Gasteiger partial charge in [0.25, 0.3) is 0 Å². The molecule has 3 atom stereocenters. The summed E-state index contributed by atoms with van der Waals surface area (Å²) in [7, 11) is 2.12. The average Bonchev–Trinajstić information content (AvgIpc) is 2.49. The Hall–Kier alpha value is -0.740. The van der Waals surface area contributed by atoms with Gasteiger partial charge in [0.1, 0.15) is 5.82 Å². The van der Waals surface area contributed by atoms with Crippen LogP contribution in [-0.4, -0.2) is 41.6 Å². The van der Waals surface area contributed by atoms with Crippen LogP contribution >= 0.6 is 0 Å². The van der Waals surface area contributed by atoms with Crippen LogP contribution in [0.5, 0.6) is 0 Å². The van der Waals surface area contributed by atoms with Crippen molar-refractivity contribution in [1.29, 1.82) is 0 Å². The van der Waals surface area contributed by atoms with E-state index in [1.54, 1.807) is 0 Å². The summed E-state index contributed by atoms with van der Waals surface area (Å²) in [6.07, 6.45) is 3.30. The lowest BCUT2D eigenvalue weighted by molar-refractivity contribution is 0.195. The minimum atomic E-state index is 0.267. The summed E-state index contributed by atoms with van der Waals surface area (Å²) in [5.74, 6) is 1.28. The molecule has 1 saturated heterocycles.